The average Bonchev–Trinajstić information content (AvgIpc) is 2.72. The zero-order chi connectivity index (χ0) is 19.6. The second-order valence-electron chi connectivity index (χ2n) is 7.06. The SMILES string of the molecule is O=C(NCc1cccnc1N1CCCCC1)C1=CN2CCS(=O)(=O)N=C2C=C1. The van der Waals surface area contributed by atoms with Crippen molar-refractivity contribution in [1.82, 2.24) is 15.2 Å². The van der Waals surface area contributed by atoms with Crippen LogP contribution < -0.4 is 10.2 Å². The second-order valence-corrected chi connectivity index (χ2v) is 8.82. The zero-order valence-electron chi connectivity index (χ0n) is 15.5. The van der Waals surface area contributed by atoms with Gasteiger partial charge in [-0.05, 0) is 37.5 Å². The van der Waals surface area contributed by atoms with Gasteiger partial charge in [0, 0.05) is 44.1 Å². The van der Waals surface area contributed by atoms with Crippen LogP contribution in [0.25, 0.3) is 0 Å². The van der Waals surface area contributed by atoms with Gasteiger partial charge in [-0.3, -0.25) is 4.79 Å². The molecule has 1 aromatic heterocycles. The number of nitrogens with zero attached hydrogens (tertiary/aromatic N) is 4. The molecule has 9 heteroatoms. The Morgan fingerprint density at radius 2 is 1.96 bits per heavy atom. The van der Waals surface area contributed by atoms with Gasteiger partial charge in [0.25, 0.3) is 15.9 Å². The van der Waals surface area contributed by atoms with E-state index in [9.17, 15) is 13.2 Å². The van der Waals surface area contributed by atoms with E-state index in [2.05, 4.69) is 19.6 Å². The molecule has 1 amide bonds. The molecule has 1 saturated heterocycles. The molecule has 1 aromatic rings. The number of anilines is 1. The number of hydrogen-bond donors (Lipinski definition) is 1. The summed E-state index contributed by atoms with van der Waals surface area (Å²) in [6.45, 7) is 2.67. The van der Waals surface area contributed by atoms with E-state index in [-0.39, 0.29) is 11.7 Å². The molecule has 0 aliphatic carbocycles. The topological polar surface area (TPSA) is 95.0 Å². The van der Waals surface area contributed by atoms with Gasteiger partial charge in [0.1, 0.15) is 11.7 Å². The number of rotatable bonds is 4. The number of carbonyl (C=O) groups is 1. The van der Waals surface area contributed by atoms with Crippen LogP contribution in [0.15, 0.2) is 46.7 Å². The van der Waals surface area contributed by atoms with Gasteiger partial charge in [0.05, 0.1) is 11.3 Å². The Hall–Kier alpha value is -2.68. The van der Waals surface area contributed by atoms with Crippen molar-refractivity contribution < 1.29 is 13.2 Å². The molecule has 0 spiro atoms. The summed E-state index contributed by atoms with van der Waals surface area (Å²) < 4.78 is 26.9. The van der Waals surface area contributed by atoms with E-state index in [1.807, 2.05) is 12.1 Å². The molecule has 3 aliphatic rings. The van der Waals surface area contributed by atoms with Gasteiger partial charge in [-0.1, -0.05) is 6.07 Å². The maximum absolute atomic E-state index is 12.6. The summed E-state index contributed by atoms with van der Waals surface area (Å²) in [5, 5.41) is 2.95. The summed E-state index contributed by atoms with van der Waals surface area (Å²) in [6.07, 6.45) is 10.2. The summed E-state index contributed by atoms with van der Waals surface area (Å²) in [6, 6.07) is 3.87. The first-order valence-corrected chi connectivity index (χ1v) is 11.1. The van der Waals surface area contributed by atoms with Crippen molar-refractivity contribution in [3.05, 3.63) is 47.8 Å². The van der Waals surface area contributed by atoms with Gasteiger partial charge in [0.15, 0.2) is 0 Å². The first kappa shape index (κ1) is 18.7. The number of pyridine rings is 1. The largest absolute Gasteiger partial charge is 0.356 e. The van der Waals surface area contributed by atoms with Crippen LogP contribution in [-0.4, -0.2) is 55.4 Å². The van der Waals surface area contributed by atoms with E-state index >= 15 is 0 Å². The van der Waals surface area contributed by atoms with Crippen molar-refractivity contribution in [3.63, 3.8) is 0 Å². The smallest absolute Gasteiger partial charge is 0.256 e. The molecule has 28 heavy (non-hydrogen) atoms. The van der Waals surface area contributed by atoms with E-state index in [0.29, 0.717) is 24.5 Å². The molecule has 0 atom stereocenters. The minimum absolute atomic E-state index is 0.0510. The van der Waals surface area contributed by atoms with Crippen LogP contribution in [0, 0.1) is 0 Å². The number of piperidine rings is 1. The molecule has 1 N–H and O–H groups in total. The molecule has 3 aliphatic heterocycles. The maximum atomic E-state index is 12.6. The molecule has 0 aromatic carbocycles. The van der Waals surface area contributed by atoms with Crippen LogP contribution in [-0.2, 0) is 21.4 Å². The van der Waals surface area contributed by atoms with Crippen LogP contribution in [0.5, 0.6) is 0 Å². The summed E-state index contributed by atoms with van der Waals surface area (Å²) in [4.78, 5) is 21.1. The fourth-order valence-corrected chi connectivity index (χ4v) is 4.54. The Morgan fingerprint density at radius 1 is 1.14 bits per heavy atom. The molecule has 0 saturated carbocycles. The summed E-state index contributed by atoms with van der Waals surface area (Å²) in [7, 11) is -3.40. The lowest BCUT2D eigenvalue weighted by Gasteiger charge is -2.29. The van der Waals surface area contributed by atoms with E-state index in [1.54, 1.807) is 29.4 Å². The highest BCUT2D eigenvalue weighted by atomic mass is 32.2. The number of nitrogens with one attached hydrogen (secondary N) is 1. The van der Waals surface area contributed by atoms with Crippen molar-refractivity contribution in [2.24, 2.45) is 4.40 Å². The molecule has 0 unspecified atom stereocenters. The van der Waals surface area contributed by atoms with Crippen LogP contribution >= 0.6 is 0 Å². The summed E-state index contributed by atoms with van der Waals surface area (Å²) in [5.41, 5.74) is 1.46. The lowest BCUT2D eigenvalue weighted by molar-refractivity contribution is -0.117. The van der Waals surface area contributed by atoms with Crippen LogP contribution in [0.2, 0.25) is 0 Å². The Kier molecular flexibility index (Phi) is 5.17. The first-order valence-electron chi connectivity index (χ1n) is 9.48. The van der Waals surface area contributed by atoms with Gasteiger partial charge in [0.2, 0.25) is 0 Å². The molecule has 8 nitrogen and oxygen atoms in total. The predicted molar refractivity (Wildman–Crippen MR) is 107 cm³/mol. The van der Waals surface area contributed by atoms with Crippen molar-refractivity contribution in [2.45, 2.75) is 25.8 Å². The number of hydrogen-bond acceptors (Lipinski definition) is 6. The molecule has 148 valence electrons. The molecule has 4 rings (SSSR count). The minimum atomic E-state index is -3.40. The fraction of sp³-hybridized carbons (Fsp3) is 0.421. The van der Waals surface area contributed by atoms with Crippen molar-refractivity contribution >= 4 is 27.6 Å². The van der Waals surface area contributed by atoms with E-state index < -0.39 is 10.0 Å². The lowest BCUT2D eigenvalue weighted by atomic mass is 10.1. The van der Waals surface area contributed by atoms with Gasteiger partial charge >= 0.3 is 0 Å². The fourth-order valence-electron chi connectivity index (χ4n) is 3.57. The maximum Gasteiger partial charge on any atom is 0.256 e. The van der Waals surface area contributed by atoms with Gasteiger partial charge in [-0.15, -0.1) is 4.40 Å². The third kappa shape index (κ3) is 4.09. The Balaban J connectivity index is 1.43. The van der Waals surface area contributed by atoms with Gasteiger partial charge < -0.3 is 15.1 Å². The van der Waals surface area contributed by atoms with E-state index in [0.717, 1.165) is 37.3 Å². The highest BCUT2D eigenvalue weighted by Gasteiger charge is 2.25. The normalized spacial score (nSPS) is 20.9. The summed E-state index contributed by atoms with van der Waals surface area (Å²) in [5.74, 6) is 1.02. The third-order valence-corrected chi connectivity index (χ3v) is 6.21. The second kappa shape index (κ2) is 7.75. The lowest BCUT2D eigenvalue weighted by Crippen LogP contribution is -2.38. The highest BCUT2D eigenvalue weighted by Crippen LogP contribution is 2.22. The van der Waals surface area contributed by atoms with Crippen molar-refractivity contribution in [1.29, 1.82) is 0 Å². The minimum Gasteiger partial charge on any atom is -0.356 e. The molecule has 1 fully saturated rings. The van der Waals surface area contributed by atoms with Crippen LogP contribution in [0.3, 0.4) is 0 Å². The molecule has 0 radical (unpaired) electrons. The number of amides is 1. The Labute approximate surface area is 164 Å². The van der Waals surface area contributed by atoms with Crippen molar-refractivity contribution in [3.8, 4) is 0 Å². The van der Waals surface area contributed by atoms with E-state index in [4.69, 9.17) is 0 Å². The van der Waals surface area contributed by atoms with Crippen LogP contribution in [0.1, 0.15) is 24.8 Å². The molecular weight excluding hydrogens is 378 g/mol. The number of aromatic nitrogens is 1. The Bertz CT molecular complexity index is 962. The highest BCUT2D eigenvalue weighted by molar-refractivity contribution is 7.90. The van der Waals surface area contributed by atoms with Gasteiger partial charge in [-0.25, -0.2) is 13.4 Å². The van der Waals surface area contributed by atoms with Crippen LogP contribution in [0.4, 0.5) is 5.82 Å². The third-order valence-electron chi connectivity index (χ3n) is 5.05. The standard InChI is InChI=1S/C19H23N5O3S/c25-19(16-6-7-17-22-28(26,27)12-11-24(17)14-16)21-13-15-5-4-8-20-18(15)23-9-2-1-3-10-23/h4-8,14H,1-3,9-13H2,(H,21,25). The van der Waals surface area contributed by atoms with E-state index in [1.165, 1.54) is 6.42 Å². The first-order chi connectivity index (χ1) is 13.5. The monoisotopic (exact) mass is 401 g/mol. The number of fused-ring (bicyclic) bond motifs is 1. The number of sulfonamides is 1. The summed E-state index contributed by atoms with van der Waals surface area (Å²) >= 11 is 0. The quantitative estimate of drug-likeness (QED) is 0.814. The number of carbonyl (C=O) groups excluding carboxylic acids is 1. The Morgan fingerprint density at radius 3 is 2.79 bits per heavy atom. The number of amidine groups is 1. The molecule has 0 bridgehead atoms. The predicted octanol–water partition coefficient (Wildman–Crippen LogP) is 1.19. The van der Waals surface area contributed by atoms with Crippen molar-refractivity contribution in [2.75, 3.05) is 30.3 Å². The zero-order valence-corrected chi connectivity index (χ0v) is 16.4. The molecule has 4 heterocycles. The molecular formula is C19H23N5O3S. The average molecular weight is 401 g/mol. The van der Waals surface area contributed by atoms with Gasteiger partial charge in [-0.2, -0.15) is 0 Å².